The second kappa shape index (κ2) is 4.28. The maximum Gasteiger partial charge on any atom is 0.320 e. The van der Waals surface area contributed by atoms with Crippen LogP contribution in [0.1, 0.15) is 25.7 Å². The molecule has 0 amide bonds. The van der Waals surface area contributed by atoms with Crippen molar-refractivity contribution in [2.24, 2.45) is 5.92 Å². The molecule has 2 fully saturated rings. The van der Waals surface area contributed by atoms with E-state index in [0.717, 1.165) is 38.9 Å². The number of hydrogen-bond donors (Lipinski definition) is 2. The summed E-state index contributed by atoms with van der Waals surface area (Å²) in [5, 5.41) is 12.0. The predicted octanol–water partition coefficient (Wildman–Crippen LogP) is 0.618. The van der Waals surface area contributed by atoms with E-state index in [-0.39, 0.29) is 6.04 Å². The van der Waals surface area contributed by atoms with Gasteiger partial charge in [0.05, 0.1) is 0 Å². The summed E-state index contributed by atoms with van der Waals surface area (Å²) in [4.78, 5) is 10.7. The van der Waals surface area contributed by atoms with Gasteiger partial charge in [-0.25, -0.2) is 0 Å². The number of ether oxygens (including phenoxy) is 1. The van der Waals surface area contributed by atoms with Gasteiger partial charge >= 0.3 is 5.97 Å². The average molecular weight is 199 g/mol. The zero-order valence-electron chi connectivity index (χ0n) is 8.24. The van der Waals surface area contributed by atoms with Gasteiger partial charge in [0.1, 0.15) is 6.04 Å². The molecule has 0 aliphatic carbocycles. The van der Waals surface area contributed by atoms with Gasteiger partial charge in [-0.2, -0.15) is 0 Å². The van der Waals surface area contributed by atoms with Gasteiger partial charge < -0.3 is 15.2 Å². The fraction of sp³-hybridized carbons (Fsp3) is 0.900. The monoisotopic (exact) mass is 199 g/mol. The van der Waals surface area contributed by atoms with E-state index in [2.05, 4.69) is 5.32 Å². The molecule has 2 heterocycles. The van der Waals surface area contributed by atoms with Crippen molar-refractivity contribution in [1.82, 2.24) is 5.32 Å². The van der Waals surface area contributed by atoms with Gasteiger partial charge in [-0.3, -0.25) is 4.79 Å². The summed E-state index contributed by atoms with van der Waals surface area (Å²) < 4.78 is 5.30. The summed E-state index contributed by atoms with van der Waals surface area (Å²) in [5.41, 5.74) is 0. The van der Waals surface area contributed by atoms with Crippen LogP contribution in [0.25, 0.3) is 0 Å². The molecule has 0 aromatic rings. The zero-order valence-corrected chi connectivity index (χ0v) is 8.24. The SMILES string of the molecule is O=C(O)C1CCC(CC2CCOC2)N1. The molecule has 2 aliphatic heterocycles. The fourth-order valence-corrected chi connectivity index (χ4v) is 2.37. The van der Waals surface area contributed by atoms with Gasteiger partial charge in [0.25, 0.3) is 0 Å². The van der Waals surface area contributed by atoms with Crippen molar-refractivity contribution in [3.8, 4) is 0 Å². The van der Waals surface area contributed by atoms with Crippen molar-refractivity contribution in [1.29, 1.82) is 0 Å². The van der Waals surface area contributed by atoms with Crippen molar-refractivity contribution in [3.63, 3.8) is 0 Å². The molecule has 0 aromatic carbocycles. The third-order valence-corrected chi connectivity index (χ3v) is 3.18. The van der Waals surface area contributed by atoms with E-state index < -0.39 is 5.97 Å². The van der Waals surface area contributed by atoms with Crippen LogP contribution in [0.15, 0.2) is 0 Å². The van der Waals surface area contributed by atoms with Crippen LogP contribution < -0.4 is 5.32 Å². The van der Waals surface area contributed by atoms with Crippen molar-refractivity contribution in [2.45, 2.75) is 37.8 Å². The first-order valence-corrected chi connectivity index (χ1v) is 5.32. The topological polar surface area (TPSA) is 58.6 Å². The number of hydrogen-bond acceptors (Lipinski definition) is 3. The molecule has 3 unspecified atom stereocenters. The Labute approximate surface area is 83.6 Å². The van der Waals surface area contributed by atoms with E-state index in [4.69, 9.17) is 9.84 Å². The minimum absolute atomic E-state index is 0.317. The standard InChI is InChI=1S/C10H17NO3/c12-10(13)9-2-1-8(11-9)5-7-3-4-14-6-7/h7-9,11H,1-6H2,(H,12,13). The van der Waals surface area contributed by atoms with E-state index in [1.165, 1.54) is 0 Å². The molecule has 0 saturated carbocycles. The summed E-state index contributed by atoms with van der Waals surface area (Å²) in [6.45, 7) is 1.73. The van der Waals surface area contributed by atoms with Crippen LogP contribution in [0.2, 0.25) is 0 Å². The Kier molecular flexibility index (Phi) is 3.03. The fourth-order valence-electron chi connectivity index (χ4n) is 2.37. The minimum atomic E-state index is -0.713. The smallest absolute Gasteiger partial charge is 0.320 e. The van der Waals surface area contributed by atoms with E-state index >= 15 is 0 Å². The molecule has 2 rings (SSSR count). The van der Waals surface area contributed by atoms with Crippen LogP contribution in [-0.2, 0) is 9.53 Å². The van der Waals surface area contributed by atoms with Gasteiger partial charge in [0.2, 0.25) is 0 Å². The first-order valence-electron chi connectivity index (χ1n) is 5.32. The Morgan fingerprint density at radius 1 is 1.43 bits per heavy atom. The van der Waals surface area contributed by atoms with E-state index in [1.807, 2.05) is 0 Å². The average Bonchev–Trinajstić information content (AvgIpc) is 2.75. The predicted molar refractivity (Wildman–Crippen MR) is 51.1 cm³/mol. The van der Waals surface area contributed by atoms with Crippen LogP contribution in [-0.4, -0.2) is 36.4 Å². The molecule has 0 spiro atoms. The third-order valence-electron chi connectivity index (χ3n) is 3.18. The van der Waals surface area contributed by atoms with E-state index in [9.17, 15) is 4.79 Å². The van der Waals surface area contributed by atoms with Crippen LogP contribution in [0.4, 0.5) is 0 Å². The number of carboxylic acids is 1. The minimum Gasteiger partial charge on any atom is -0.480 e. The normalized spacial score (nSPS) is 37.6. The maximum absolute atomic E-state index is 10.7. The first-order chi connectivity index (χ1) is 6.75. The lowest BCUT2D eigenvalue weighted by Crippen LogP contribution is -2.36. The highest BCUT2D eigenvalue weighted by atomic mass is 16.5. The zero-order chi connectivity index (χ0) is 9.97. The Hall–Kier alpha value is -0.610. The lowest BCUT2D eigenvalue weighted by Gasteiger charge is -2.15. The quantitative estimate of drug-likeness (QED) is 0.699. The van der Waals surface area contributed by atoms with Crippen LogP contribution in [0.3, 0.4) is 0 Å². The molecule has 80 valence electrons. The number of rotatable bonds is 3. The molecule has 3 atom stereocenters. The molecule has 14 heavy (non-hydrogen) atoms. The van der Waals surface area contributed by atoms with Crippen molar-refractivity contribution >= 4 is 5.97 Å². The second-order valence-corrected chi connectivity index (χ2v) is 4.30. The van der Waals surface area contributed by atoms with Crippen molar-refractivity contribution < 1.29 is 14.6 Å². The highest BCUT2D eigenvalue weighted by Gasteiger charge is 2.30. The van der Waals surface area contributed by atoms with Gasteiger partial charge in [0.15, 0.2) is 0 Å². The molecule has 4 nitrogen and oxygen atoms in total. The van der Waals surface area contributed by atoms with E-state index in [0.29, 0.717) is 12.0 Å². The molecule has 4 heteroatoms. The summed E-state index contributed by atoms with van der Waals surface area (Å²) in [7, 11) is 0. The number of carboxylic acid groups (broad SMARTS) is 1. The molecular weight excluding hydrogens is 182 g/mol. The molecule has 2 N–H and O–H groups in total. The lowest BCUT2D eigenvalue weighted by atomic mass is 9.98. The molecule has 0 aromatic heterocycles. The summed E-state index contributed by atoms with van der Waals surface area (Å²) in [6, 6.07) is 0.0742. The van der Waals surface area contributed by atoms with Crippen LogP contribution >= 0.6 is 0 Å². The van der Waals surface area contributed by atoms with Crippen molar-refractivity contribution in [2.75, 3.05) is 13.2 Å². The molecule has 0 bridgehead atoms. The Bertz CT molecular complexity index is 213. The number of aliphatic carboxylic acids is 1. The largest absolute Gasteiger partial charge is 0.480 e. The Morgan fingerprint density at radius 3 is 2.86 bits per heavy atom. The molecule has 0 radical (unpaired) electrons. The number of nitrogens with one attached hydrogen (secondary N) is 1. The molecule has 2 saturated heterocycles. The van der Waals surface area contributed by atoms with Crippen LogP contribution in [0, 0.1) is 5.92 Å². The second-order valence-electron chi connectivity index (χ2n) is 4.30. The van der Waals surface area contributed by atoms with Crippen molar-refractivity contribution in [3.05, 3.63) is 0 Å². The first kappa shape index (κ1) is 9.93. The number of carbonyl (C=O) groups is 1. The van der Waals surface area contributed by atoms with Crippen LogP contribution in [0.5, 0.6) is 0 Å². The Morgan fingerprint density at radius 2 is 2.29 bits per heavy atom. The van der Waals surface area contributed by atoms with Gasteiger partial charge in [0, 0.05) is 19.3 Å². The molecular formula is C10H17NO3. The van der Waals surface area contributed by atoms with Gasteiger partial charge in [-0.1, -0.05) is 0 Å². The highest BCUT2D eigenvalue weighted by Crippen LogP contribution is 2.23. The molecule has 2 aliphatic rings. The van der Waals surface area contributed by atoms with Gasteiger partial charge in [-0.15, -0.1) is 0 Å². The highest BCUT2D eigenvalue weighted by molar-refractivity contribution is 5.73. The van der Waals surface area contributed by atoms with Gasteiger partial charge in [-0.05, 0) is 31.6 Å². The summed E-state index contributed by atoms with van der Waals surface area (Å²) in [5.74, 6) is -0.0739. The third kappa shape index (κ3) is 2.25. The lowest BCUT2D eigenvalue weighted by molar-refractivity contribution is -0.139. The Balaban J connectivity index is 1.75. The maximum atomic E-state index is 10.7. The summed E-state index contributed by atoms with van der Waals surface area (Å²) >= 11 is 0. The summed E-state index contributed by atoms with van der Waals surface area (Å²) in [6.07, 6.45) is 3.97. The van der Waals surface area contributed by atoms with E-state index in [1.54, 1.807) is 0 Å².